The first kappa shape index (κ1) is 20.0. The van der Waals surface area contributed by atoms with Gasteiger partial charge in [-0.1, -0.05) is 29.8 Å². The summed E-state index contributed by atoms with van der Waals surface area (Å²) in [5, 5.41) is 11.6. The number of aromatic amines is 1. The van der Waals surface area contributed by atoms with Gasteiger partial charge in [-0.05, 0) is 33.9 Å². The molecular formula is C23H26ClN7. The smallest absolute Gasteiger partial charge is 0.178 e. The molecule has 160 valence electrons. The second kappa shape index (κ2) is 7.66. The van der Waals surface area contributed by atoms with Gasteiger partial charge in [0.1, 0.15) is 11.5 Å². The van der Waals surface area contributed by atoms with Gasteiger partial charge >= 0.3 is 0 Å². The molecule has 7 nitrogen and oxygen atoms in total. The number of halogens is 1. The molecule has 3 aromatic rings. The first-order chi connectivity index (χ1) is 14.9. The van der Waals surface area contributed by atoms with E-state index in [4.69, 9.17) is 21.6 Å². The van der Waals surface area contributed by atoms with Gasteiger partial charge in [-0.3, -0.25) is 10.00 Å². The third-order valence-electron chi connectivity index (χ3n) is 6.35. The SMILES string of the molecule is Cc1[nH]nc2c1N=C(c1ccccc1Cl)c1cnc(N3CC(C)N(C)C(C)C3)cc1N2. The van der Waals surface area contributed by atoms with Crippen LogP contribution < -0.4 is 10.2 Å². The highest BCUT2D eigenvalue weighted by Gasteiger charge is 2.29. The van der Waals surface area contributed by atoms with E-state index in [0.29, 0.717) is 22.9 Å². The Labute approximate surface area is 187 Å². The number of hydrogen-bond donors (Lipinski definition) is 2. The Kier molecular flexibility index (Phi) is 4.95. The number of anilines is 3. The van der Waals surface area contributed by atoms with Gasteiger partial charge < -0.3 is 10.2 Å². The van der Waals surface area contributed by atoms with Crippen LogP contribution in [0.1, 0.15) is 30.7 Å². The van der Waals surface area contributed by atoms with E-state index >= 15 is 0 Å². The van der Waals surface area contributed by atoms with Crippen molar-refractivity contribution in [2.24, 2.45) is 4.99 Å². The largest absolute Gasteiger partial charge is 0.353 e. The lowest BCUT2D eigenvalue weighted by molar-refractivity contribution is 0.169. The number of piperazine rings is 1. The molecule has 2 unspecified atom stereocenters. The highest BCUT2D eigenvalue weighted by atomic mass is 35.5. The number of pyridine rings is 1. The lowest BCUT2D eigenvalue weighted by Crippen LogP contribution is -2.55. The molecule has 2 atom stereocenters. The van der Waals surface area contributed by atoms with Crippen LogP contribution >= 0.6 is 11.6 Å². The van der Waals surface area contributed by atoms with Gasteiger partial charge in [-0.15, -0.1) is 0 Å². The van der Waals surface area contributed by atoms with E-state index in [1.165, 1.54) is 0 Å². The number of H-pyrrole nitrogens is 1. The van der Waals surface area contributed by atoms with E-state index in [2.05, 4.69) is 52.3 Å². The third kappa shape index (κ3) is 3.47. The lowest BCUT2D eigenvalue weighted by atomic mass is 10.0. The molecule has 1 aromatic carbocycles. The number of nitrogens with zero attached hydrogens (tertiary/aromatic N) is 5. The van der Waals surface area contributed by atoms with E-state index in [-0.39, 0.29) is 0 Å². The summed E-state index contributed by atoms with van der Waals surface area (Å²) in [6.45, 7) is 8.35. The molecular weight excluding hydrogens is 410 g/mol. The predicted octanol–water partition coefficient (Wildman–Crippen LogP) is 4.52. The Hall–Kier alpha value is -2.90. The first-order valence-electron chi connectivity index (χ1n) is 10.5. The number of fused-ring (bicyclic) bond motifs is 2. The molecule has 0 bridgehead atoms. The Morgan fingerprint density at radius 2 is 1.84 bits per heavy atom. The third-order valence-corrected chi connectivity index (χ3v) is 6.68. The van der Waals surface area contributed by atoms with Gasteiger partial charge in [0.15, 0.2) is 5.82 Å². The molecule has 31 heavy (non-hydrogen) atoms. The topological polar surface area (TPSA) is 72.4 Å². The number of likely N-dealkylation sites (N-methyl/N-ethyl adjacent to an activating group) is 1. The Morgan fingerprint density at radius 3 is 2.58 bits per heavy atom. The van der Waals surface area contributed by atoms with Crippen molar-refractivity contribution in [3.05, 3.63) is 58.4 Å². The van der Waals surface area contributed by atoms with E-state index in [0.717, 1.165) is 52.8 Å². The molecule has 0 spiro atoms. The minimum absolute atomic E-state index is 0.457. The summed E-state index contributed by atoms with van der Waals surface area (Å²) < 4.78 is 0. The molecule has 2 aliphatic rings. The van der Waals surface area contributed by atoms with Crippen LogP contribution in [0.2, 0.25) is 5.02 Å². The molecule has 8 heteroatoms. The van der Waals surface area contributed by atoms with Crippen LogP contribution in [0.15, 0.2) is 41.5 Å². The quantitative estimate of drug-likeness (QED) is 0.484. The van der Waals surface area contributed by atoms with Crippen molar-refractivity contribution < 1.29 is 0 Å². The number of hydrogen-bond acceptors (Lipinski definition) is 6. The zero-order chi connectivity index (χ0) is 21.7. The van der Waals surface area contributed by atoms with Crippen LogP contribution in [0.25, 0.3) is 0 Å². The van der Waals surface area contributed by atoms with Crippen molar-refractivity contribution in [3.8, 4) is 0 Å². The Morgan fingerprint density at radius 1 is 1.10 bits per heavy atom. The summed E-state index contributed by atoms with van der Waals surface area (Å²) in [5.41, 5.74) is 5.18. The normalized spacial score (nSPS) is 21.1. The average Bonchev–Trinajstić information content (AvgIpc) is 3.00. The molecule has 0 amide bonds. The van der Waals surface area contributed by atoms with Gasteiger partial charge in [0, 0.05) is 53.6 Å². The first-order valence-corrected chi connectivity index (χ1v) is 10.9. The number of aryl methyl sites for hydroxylation is 1. The fraction of sp³-hybridized carbons (Fsp3) is 0.348. The molecule has 2 N–H and O–H groups in total. The van der Waals surface area contributed by atoms with Crippen LogP contribution in [-0.2, 0) is 0 Å². The average molecular weight is 436 g/mol. The van der Waals surface area contributed by atoms with Gasteiger partial charge in [0.25, 0.3) is 0 Å². The predicted molar refractivity (Wildman–Crippen MR) is 126 cm³/mol. The number of aromatic nitrogens is 3. The summed E-state index contributed by atoms with van der Waals surface area (Å²) in [4.78, 5) is 14.6. The van der Waals surface area contributed by atoms with Crippen molar-refractivity contribution in [1.82, 2.24) is 20.1 Å². The van der Waals surface area contributed by atoms with E-state index in [1.807, 2.05) is 37.4 Å². The summed E-state index contributed by atoms with van der Waals surface area (Å²) >= 11 is 6.56. The monoisotopic (exact) mass is 435 g/mol. The van der Waals surface area contributed by atoms with Crippen molar-refractivity contribution in [3.63, 3.8) is 0 Å². The fourth-order valence-corrected chi connectivity index (χ4v) is 4.53. The molecule has 2 aliphatic heterocycles. The van der Waals surface area contributed by atoms with Gasteiger partial charge in [0.05, 0.1) is 17.1 Å². The van der Waals surface area contributed by atoms with Crippen molar-refractivity contribution in [1.29, 1.82) is 0 Å². The van der Waals surface area contributed by atoms with Crippen molar-refractivity contribution in [2.45, 2.75) is 32.9 Å². The maximum atomic E-state index is 6.56. The Balaban J connectivity index is 1.62. The number of rotatable bonds is 2. The fourth-order valence-electron chi connectivity index (χ4n) is 4.31. The highest BCUT2D eigenvalue weighted by molar-refractivity contribution is 6.36. The van der Waals surface area contributed by atoms with Gasteiger partial charge in [0.2, 0.25) is 0 Å². The van der Waals surface area contributed by atoms with Crippen LogP contribution in [0, 0.1) is 6.92 Å². The second-order valence-electron chi connectivity index (χ2n) is 8.47. The van der Waals surface area contributed by atoms with Crippen LogP contribution in [-0.4, -0.2) is 58.0 Å². The number of nitrogens with one attached hydrogen (secondary N) is 2. The zero-order valence-electron chi connectivity index (χ0n) is 18.1. The van der Waals surface area contributed by atoms with Crippen LogP contribution in [0.4, 0.5) is 23.0 Å². The summed E-state index contributed by atoms with van der Waals surface area (Å²) in [6.07, 6.45) is 1.90. The number of aliphatic imine (C=N–C) groups is 1. The van der Waals surface area contributed by atoms with E-state index in [9.17, 15) is 0 Å². The van der Waals surface area contributed by atoms with Crippen LogP contribution in [0.3, 0.4) is 0 Å². The standard InChI is InChI=1S/C23H26ClN7/c1-13-11-31(12-14(2)30(13)4)20-9-19-17(10-25-20)22(16-7-5-6-8-18(16)24)27-21-15(3)28-29-23(21)26-19/h5-10,13-14H,11-12H2,1-4H3,(H2,26,28,29). The molecule has 1 fully saturated rings. The summed E-state index contributed by atoms with van der Waals surface area (Å²) in [7, 11) is 2.19. The van der Waals surface area contributed by atoms with Crippen molar-refractivity contribution >= 4 is 40.3 Å². The summed E-state index contributed by atoms with van der Waals surface area (Å²) in [6, 6.07) is 10.8. The molecule has 0 saturated carbocycles. The van der Waals surface area contributed by atoms with Crippen molar-refractivity contribution in [2.75, 3.05) is 30.4 Å². The molecule has 1 saturated heterocycles. The number of benzene rings is 1. The lowest BCUT2D eigenvalue weighted by Gasteiger charge is -2.43. The minimum atomic E-state index is 0.457. The van der Waals surface area contributed by atoms with E-state index < -0.39 is 0 Å². The maximum absolute atomic E-state index is 6.56. The van der Waals surface area contributed by atoms with Crippen LogP contribution in [0.5, 0.6) is 0 Å². The summed E-state index contributed by atoms with van der Waals surface area (Å²) in [5.74, 6) is 1.66. The van der Waals surface area contributed by atoms with Gasteiger partial charge in [-0.25, -0.2) is 9.98 Å². The van der Waals surface area contributed by atoms with E-state index in [1.54, 1.807) is 0 Å². The molecule has 4 heterocycles. The highest BCUT2D eigenvalue weighted by Crippen LogP contribution is 2.38. The molecule has 2 aromatic heterocycles. The molecule has 5 rings (SSSR count). The Bertz CT molecular complexity index is 1160. The molecule has 0 radical (unpaired) electrons. The van der Waals surface area contributed by atoms with Gasteiger partial charge in [-0.2, -0.15) is 5.10 Å². The second-order valence-corrected chi connectivity index (χ2v) is 8.87. The maximum Gasteiger partial charge on any atom is 0.178 e. The zero-order valence-corrected chi connectivity index (χ0v) is 18.9. The molecule has 0 aliphatic carbocycles. The minimum Gasteiger partial charge on any atom is -0.353 e.